The first-order chi connectivity index (χ1) is 9.10. The van der Waals surface area contributed by atoms with Gasteiger partial charge in [0.2, 0.25) is 0 Å². The van der Waals surface area contributed by atoms with Crippen molar-refractivity contribution in [2.24, 2.45) is 5.84 Å². The standard InChI is InChI=1S/C12H16N4O3/c1-2-15(8-6-7-8)12(17)9-4-3-5-10(14-13)11(9)16(18)19/h3-5,8,14H,2,6-7,13H2,1H3. The number of nitro benzene ring substituents is 1. The number of amides is 1. The van der Waals surface area contributed by atoms with Gasteiger partial charge in [-0.25, -0.2) is 0 Å². The Labute approximate surface area is 110 Å². The number of carbonyl (C=O) groups excluding carboxylic acids is 1. The molecule has 2 rings (SSSR count). The van der Waals surface area contributed by atoms with E-state index < -0.39 is 4.92 Å². The number of benzene rings is 1. The number of nitrogen functional groups attached to an aromatic ring is 1. The number of hydrazine groups is 1. The molecule has 0 saturated heterocycles. The molecule has 1 aromatic rings. The number of nitrogens with zero attached hydrogens (tertiary/aromatic N) is 2. The molecule has 0 atom stereocenters. The fourth-order valence-corrected chi connectivity index (χ4v) is 2.14. The van der Waals surface area contributed by atoms with Gasteiger partial charge in [-0.1, -0.05) is 6.07 Å². The summed E-state index contributed by atoms with van der Waals surface area (Å²) in [6.07, 6.45) is 1.92. The number of carbonyl (C=O) groups is 1. The minimum absolute atomic E-state index is 0.0780. The summed E-state index contributed by atoms with van der Waals surface area (Å²) >= 11 is 0. The van der Waals surface area contributed by atoms with Crippen LogP contribution in [0.4, 0.5) is 11.4 Å². The van der Waals surface area contributed by atoms with Gasteiger partial charge in [0, 0.05) is 12.6 Å². The number of para-hydroxylation sites is 1. The molecule has 1 saturated carbocycles. The highest BCUT2D eigenvalue weighted by molar-refractivity contribution is 6.00. The van der Waals surface area contributed by atoms with Crippen LogP contribution in [0.15, 0.2) is 18.2 Å². The highest BCUT2D eigenvalue weighted by Gasteiger charge is 2.35. The fraction of sp³-hybridized carbons (Fsp3) is 0.417. The highest BCUT2D eigenvalue weighted by atomic mass is 16.6. The lowest BCUT2D eigenvalue weighted by Gasteiger charge is -2.20. The topological polar surface area (TPSA) is 102 Å². The van der Waals surface area contributed by atoms with Crippen LogP contribution in [0.3, 0.4) is 0 Å². The molecule has 1 amide bonds. The minimum atomic E-state index is -0.580. The summed E-state index contributed by atoms with van der Waals surface area (Å²) < 4.78 is 0. The van der Waals surface area contributed by atoms with Crippen LogP contribution in [0, 0.1) is 10.1 Å². The summed E-state index contributed by atoms with van der Waals surface area (Å²) in [5.41, 5.74) is 2.21. The van der Waals surface area contributed by atoms with Crippen molar-refractivity contribution in [3.63, 3.8) is 0 Å². The van der Waals surface area contributed by atoms with E-state index in [1.165, 1.54) is 12.1 Å². The Bertz CT molecular complexity index is 514. The summed E-state index contributed by atoms with van der Waals surface area (Å²) in [6.45, 7) is 2.41. The predicted octanol–water partition coefficient (Wildman–Crippen LogP) is 1.50. The van der Waals surface area contributed by atoms with Gasteiger partial charge in [-0.15, -0.1) is 0 Å². The zero-order chi connectivity index (χ0) is 14.0. The SMILES string of the molecule is CCN(C(=O)c1cccc(NN)c1[N+](=O)[O-])C1CC1. The molecule has 3 N–H and O–H groups in total. The molecule has 1 aromatic carbocycles. The first kappa shape index (κ1) is 13.3. The summed E-state index contributed by atoms with van der Waals surface area (Å²) in [4.78, 5) is 24.6. The lowest BCUT2D eigenvalue weighted by atomic mass is 10.1. The molecule has 0 aromatic heterocycles. The molecule has 0 heterocycles. The molecule has 7 heteroatoms. The maximum atomic E-state index is 12.4. The second kappa shape index (κ2) is 5.23. The van der Waals surface area contributed by atoms with Crippen molar-refractivity contribution in [2.45, 2.75) is 25.8 Å². The molecule has 0 unspecified atom stereocenters. The van der Waals surface area contributed by atoms with Crippen LogP contribution in [-0.2, 0) is 0 Å². The average Bonchev–Trinajstić information content (AvgIpc) is 3.22. The third-order valence-corrected chi connectivity index (χ3v) is 3.19. The lowest BCUT2D eigenvalue weighted by molar-refractivity contribution is -0.384. The Morgan fingerprint density at radius 1 is 1.58 bits per heavy atom. The van der Waals surface area contributed by atoms with Crippen molar-refractivity contribution < 1.29 is 9.72 Å². The number of hydrogen-bond donors (Lipinski definition) is 2. The number of nitrogens with two attached hydrogens (primary N) is 1. The van der Waals surface area contributed by atoms with Gasteiger partial charge >= 0.3 is 5.69 Å². The van der Waals surface area contributed by atoms with Crippen molar-refractivity contribution in [3.8, 4) is 0 Å². The maximum Gasteiger partial charge on any atom is 0.306 e. The first-order valence-corrected chi connectivity index (χ1v) is 6.15. The monoisotopic (exact) mass is 264 g/mol. The molecular weight excluding hydrogens is 248 g/mol. The van der Waals surface area contributed by atoms with Crippen molar-refractivity contribution in [1.82, 2.24) is 4.90 Å². The van der Waals surface area contributed by atoms with Gasteiger partial charge in [0.15, 0.2) is 0 Å². The molecular formula is C12H16N4O3. The lowest BCUT2D eigenvalue weighted by Crippen LogP contribution is -2.33. The van der Waals surface area contributed by atoms with E-state index >= 15 is 0 Å². The Hall–Kier alpha value is -2.15. The second-order valence-corrected chi connectivity index (χ2v) is 4.43. The number of nitrogens with one attached hydrogen (secondary N) is 1. The smallest absolute Gasteiger partial charge is 0.306 e. The molecule has 1 aliphatic rings. The third-order valence-electron chi connectivity index (χ3n) is 3.19. The van der Waals surface area contributed by atoms with E-state index in [1.807, 2.05) is 6.92 Å². The molecule has 1 fully saturated rings. The zero-order valence-corrected chi connectivity index (χ0v) is 10.6. The van der Waals surface area contributed by atoms with Crippen LogP contribution < -0.4 is 11.3 Å². The summed E-state index contributed by atoms with van der Waals surface area (Å²) in [5.74, 6) is 4.95. The molecule has 1 aliphatic carbocycles. The van der Waals surface area contributed by atoms with Gasteiger partial charge in [0.05, 0.1) is 4.92 Å². The first-order valence-electron chi connectivity index (χ1n) is 6.15. The van der Waals surface area contributed by atoms with Gasteiger partial charge in [0.25, 0.3) is 5.91 Å². The molecule has 0 spiro atoms. The number of anilines is 1. The minimum Gasteiger partial charge on any atom is -0.336 e. The molecule has 102 valence electrons. The van der Waals surface area contributed by atoms with Gasteiger partial charge in [-0.05, 0) is 31.9 Å². The summed E-state index contributed by atoms with van der Waals surface area (Å²) in [6, 6.07) is 4.73. The summed E-state index contributed by atoms with van der Waals surface area (Å²) in [7, 11) is 0. The average molecular weight is 264 g/mol. The van der Waals surface area contributed by atoms with E-state index in [0.717, 1.165) is 12.8 Å². The molecule has 0 radical (unpaired) electrons. The van der Waals surface area contributed by atoms with Crippen molar-refractivity contribution in [2.75, 3.05) is 12.0 Å². The van der Waals surface area contributed by atoms with Gasteiger partial charge in [-0.3, -0.25) is 20.8 Å². The molecule has 0 aliphatic heterocycles. The number of nitro groups is 1. The molecule has 7 nitrogen and oxygen atoms in total. The van der Waals surface area contributed by atoms with Crippen molar-refractivity contribution in [3.05, 3.63) is 33.9 Å². The van der Waals surface area contributed by atoms with Crippen LogP contribution in [0.2, 0.25) is 0 Å². The Balaban J connectivity index is 2.43. The van der Waals surface area contributed by atoms with E-state index in [0.29, 0.717) is 6.54 Å². The van der Waals surface area contributed by atoms with Crippen LogP contribution in [-0.4, -0.2) is 28.3 Å². The predicted molar refractivity (Wildman–Crippen MR) is 70.6 cm³/mol. The molecule has 0 bridgehead atoms. The fourth-order valence-electron chi connectivity index (χ4n) is 2.14. The van der Waals surface area contributed by atoms with Gasteiger partial charge in [-0.2, -0.15) is 0 Å². The van der Waals surface area contributed by atoms with Crippen LogP contribution in [0.5, 0.6) is 0 Å². The van der Waals surface area contributed by atoms with Crippen molar-refractivity contribution >= 4 is 17.3 Å². The second-order valence-electron chi connectivity index (χ2n) is 4.43. The van der Waals surface area contributed by atoms with E-state index in [1.54, 1.807) is 11.0 Å². The Morgan fingerprint density at radius 3 is 2.74 bits per heavy atom. The Kier molecular flexibility index (Phi) is 3.66. The van der Waals surface area contributed by atoms with Crippen LogP contribution in [0.1, 0.15) is 30.1 Å². The third kappa shape index (κ3) is 2.50. The Morgan fingerprint density at radius 2 is 2.26 bits per heavy atom. The maximum absolute atomic E-state index is 12.4. The summed E-state index contributed by atoms with van der Waals surface area (Å²) in [5, 5.41) is 11.1. The van der Waals surface area contributed by atoms with Crippen LogP contribution >= 0.6 is 0 Å². The van der Waals surface area contributed by atoms with E-state index in [4.69, 9.17) is 5.84 Å². The number of hydrogen-bond acceptors (Lipinski definition) is 5. The van der Waals surface area contributed by atoms with E-state index in [2.05, 4.69) is 5.43 Å². The van der Waals surface area contributed by atoms with Crippen molar-refractivity contribution in [1.29, 1.82) is 0 Å². The van der Waals surface area contributed by atoms with Gasteiger partial charge < -0.3 is 10.3 Å². The van der Waals surface area contributed by atoms with Gasteiger partial charge in [0.1, 0.15) is 11.3 Å². The molecule has 19 heavy (non-hydrogen) atoms. The highest BCUT2D eigenvalue weighted by Crippen LogP contribution is 2.32. The largest absolute Gasteiger partial charge is 0.336 e. The number of rotatable bonds is 5. The zero-order valence-electron chi connectivity index (χ0n) is 10.6. The normalized spacial score (nSPS) is 14.0. The van der Waals surface area contributed by atoms with Crippen LogP contribution in [0.25, 0.3) is 0 Å². The van der Waals surface area contributed by atoms with E-state index in [-0.39, 0.29) is 28.9 Å². The quantitative estimate of drug-likeness (QED) is 0.476. The van der Waals surface area contributed by atoms with E-state index in [9.17, 15) is 14.9 Å².